The van der Waals surface area contributed by atoms with Gasteiger partial charge in [0.2, 0.25) is 6.54 Å². The number of nitro groups is 1. The van der Waals surface area contributed by atoms with Gasteiger partial charge >= 0.3 is 0 Å². The van der Waals surface area contributed by atoms with Crippen LogP contribution in [0.15, 0.2) is 24.3 Å². The van der Waals surface area contributed by atoms with E-state index in [0.29, 0.717) is 6.61 Å². The van der Waals surface area contributed by atoms with Crippen LogP contribution in [0, 0.1) is 16.0 Å². The normalized spacial score (nSPS) is 31.2. The first-order valence-corrected chi connectivity index (χ1v) is 6.50. The summed E-state index contributed by atoms with van der Waals surface area (Å²) in [5, 5.41) is 11.0. The van der Waals surface area contributed by atoms with E-state index in [9.17, 15) is 10.1 Å². The molecule has 0 amide bonds. The van der Waals surface area contributed by atoms with Crippen molar-refractivity contribution >= 4 is 0 Å². The summed E-state index contributed by atoms with van der Waals surface area (Å²) in [6.07, 6.45) is 0.0470. The van der Waals surface area contributed by atoms with E-state index in [1.165, 1.54) is 0 Å². The van der Waals surface area contributed by atoms with Crippen molar-refractivity contribution < 1.29 is 14.4 Å². The van der Waals surface area contributed by atoms with Gasteiger partial charge in [-0.15, -0.1) is 0 Å². The molecule has 3 rings (SSSR count). The van der Waals surface area contributed by atoms with E-state index < -0.39 is 0 Å². The topological polar surface area (TPSA) is 64.9 Å². The molecule has 5 nitrogen and oxygen atoms in total. The molecule has 0 unspecified atom stereocenters. The Morgan fingerprint density at radius 2 is 2.11 bits per heavy atom. The number of fused-ring (bicyclic) bond motifs is 1. The van der Waals surface area contributed by atoms with Crippen LogP contribution >= 0.6 is 0 Å². The Kier molecular flexibility index (Phi) is 2.74. The van der Waals surface area contributed by atoms with Crippen LogP contribution in [0.1, 0.15) is 25.3 Å². The maximum atomic E-state index is 11.0. The molecule has 0 saturated carbocycles. The molecule has 2 aliphatic rings. The lowest BCUT2D eigenvalue weighted by molar-refractivity contribution is -0.485. The molecule has 102 valence electrons. The van der Waals surface area contributed by atoms with Crippen LogP contribution in [0.2, 0.25) is 0 Å². The highest BCUT2D eigenvalue weighted by atomic mass is 16.6. The SMILES string of the molecule is CC1(C)O[C@H]1[C@@H]1COc2ccccc2[C@@H]1C[N+](=O)[O-]. The smallest absolute Gasteiger partial charge is 0.211 e. The third kappa shape index (κ3) is 2.18. The van der Waals surface area contributed by atoms with Crippen molar-refractivity contribution in [1.29, 1.82) is 0 Å². The van der Waals surface area contributed by atoms with Gasteiger partial charge in [0.15, 0.2) is 0 Å². The second kappa shape index (κ2) is 4.20. The van der Waals surface area contributed by atoms with Crippen molar-refractivity contribution in [2.45, 2.75) is 31.5 Å². The molecule has 3 atom stereocenters. The maximum Gasteiger partial charge on any atom is 0.211 e. The zero-order valence-corrected chi connectivity index (χ0v) is 11.0. The summed E-state index contributed by atoms with van der Waals surface area (Å²) in [6.45, 7) is 4.45. The van der Waals surface area contributed by atoms with E-state index in [4.69, 9.17) is 9.47 Å². The molecule has 0 aliphatic carbocycles. The molecule has 2 aliphatic heterocycles. The molecule has 0 aromatic heterocycles. The molecular weight excluding hydrogens is 246 g/mol. The van der Waals surface area contributed by atoms with Crippen molar-refractivity contribution in [2.75, 3.05) is 13.2 Å². The van der Waals surface area contributed by atoms with Crippen LogP contribution in [0.5, 0.6) is 5.75 Å². The Morgan fingerprint density at radius 3 is 2.74 bits per heavy atom. The Balaban J connectivity index is 1.92. The Morgan fingerprint density at radius 1 is 1.42 bits per heavy atom. The zero-order chi connectivity index (χ0) is 13.6. The molecule has 2 heterocycles. The average molecular weight is 263 g/mol. The van der Waals surface area contributed by atoms with Gasteiger partial charge in [0.05, 0.1) is 24.2 Å². The molecule has 0 radical (unpaired) electrons. The standard InChI is InChI=1S/C14H17NO4/c1-14(2)13(19-14)11-8-18-12-6-4-3-5-9(12)10(11)7-15(16)17/h3-6,10-11,13H,7-8H2,1-2H3/t10-,11+,13-/m0/s1. The molecule has 0 spiro atoms. The third-order valence-corrected chi connectivity index (χ3v) is 4.06. The molecule has 1 aromatic rings. The summed E-state index contributed by atoms with van der Waals surface area (Å²) in [7, 11) is 0. The van der Waals surface area contributed by atoms with Crippen LogP contribution in [0.3, 0.4) is 0 Å². The quantitative estimate of drug-likeness (QED) is 0.476. The fraction of sp³-hybridized carbons (Fsp3) is 0.571. The largest absolute Gasteiger partial charge is 0.493 e. The molecule has 1 saturated heterocycles. The summed E-state index contributed by atoms with van der Waals surface area (Å²) in [5.74, 6) is 0.686. The van der Waals surface area contributed by atoms with E-state index >= 15 is 0 Å². The first kappa shape index (κ1) is 12.4. The number of benzene rings is 1. The van der Waals surface area contributed by atoms with Gasteiger partial charge in [-0.3, -0.25) is 10.1 Å². The molecule has 0 N–H and O–H groups in total. The lowest BCUT2D eigenvalue weighted by Gasteiger charge is -2.30. The number of para-hydroxylation sites is 1. The van der Waals surface area contributed by atoms with Gasteiger partial charge in [0, 0.05) is 16.4 Å². The predicted octanol–water partition coefficient (Wildman–Crippen LogP) is 2.23. The van der Waals surface area contributed by atoms with Crippen molar-refractivity contribution in [3.63, 3.8) is 0 Å². The molecular formula is C14H17NO4. The number of hydrogen-bond acceptors (Lipinski definition) is 4. The van der Waals surface area contributed by atoms with Crippen molar-refractivity contribution in [3.05, 3.63) is 39.9 Å². The van der Waals surface area contributed by atoms with E-state index in [0.717, 1.165) is 11.3 Å². The third-order valence-electron chi connectivity index (χ3n) is 4.06. The molecule has 1 fully saturated rings. The van der Waals surface area contributed by atoms with Crippen molar-refractivity contribution in [3.8, 4) is 5.75 Å². The number of hydrogen-bond donors (Lipinski definition) is 0. The number of ether oxygens (including phenoxy) is 2. The van der Waals surface area contributed by atoms with Gasteiger partial charge in [-0.25, -0.2) is 0 Å². The minimum atomic E-state index is -0.241. The monoisotopic (exact) mass is 263 g/mol. The Labute approximate surface area is 111 Å². The van der Waals surface area contributed by atoms with Crippen molar-refractivity contribution in [2.24, 2.45) is 5.92 Å². The first-order valence-electron chi connectivity index (χ1n) is 6.50. The summed E-state index contributed by atoms with van der Waals surface area (Å²) >= 11 is 0. The van der Waals surface area contributed by atoms with Gasteiger partial charge in [-0.05, 0) is 19.9 Å². The van der Waals surface area contributed by atoms with Gasteiger partial charge in [0.25, 0.3) is 0 Å². The lowest BCUT2D eigenvalue weighted by atomic mass is 9.79. The van der Waals surface area contributed by atoms with E-state index in [-0.39, 0.29) is 35.0 Å². The zero-order valence-electron chi connectivity index (χ0n) is 11.0. The minimum Gasteiger partial charge on any atom is -0.493 e. The van der Waals surface area contributed by atoms with Gasteiger partial charge < -0.3 is 9.47 Å². The number of rotatable bonds is 3. The van der Waals surface area contributed by atoms with Gasteiger partial charge in [-0.1, -0.05) is 18.2 Å². The first-order chi connectivity index (χ1) is 8.99. The Bertz CT molecular complexity index is 514. The second-order valence-electron chi connectivity index (χ2n) is 5.78. The fourth-order valence-corrected chi connectivity index (χ4v) is 3.04. The second-order valence-corrected chi connectivity index (χ2v) is 5.78. The van der Waals surface area contributed by atoms with Crippen LogP contribution < -0.4 is 4.74 Å². The average Bonchev–Trinajstić information content (AvgIpc) is 2.98. The summed E-state index contributed by atoms with van der Waals surface area (Å²) in [4.78, 5) is 10.7. The highest BCUT2D eigenvalue weighted by Crippen LogP contribution is 2.49. The number of epoxide rings is 1. The van der Waals surface area contributed by atoms with E-state index in [1.54, 1.807) is 0 Å². The fourth-order valence-electron chi connectivity index (χ4n) is 3.04. The minimum absolute atomic E-state index is 0.0470. The molecule has 0 bridgehead atoms. The van der Waals surface area contributed by atoms with Crippen LogP contribution in [0.25, 0.3) is 0 Å². The number of nitrogens with zero attached hydrogens (tertiary/aromatic N) is 1. The van der Waals surface area contributed by atoms with Crippen LogP contribution in [-0.2, 0) is 4.74 Å². The van der Waals surface area contributed by atoms with Crippen molar-refractivity contribution in [1.82, 2.24) is 0 Å². The van der Waals surface area contributed by atoms with Crippen LogP contribution in [-0.4, -0.2) is 29.8 Å². The highest BCUT2D eigenvalue weighted by molar-refractivity contribution is 5.39. The molecule has 1 aromatic carbocycles. The van der Waals surface area contributed by atoms with Gasteiger partial charge in [0.1, 0.15) is 5.75 Å². The lowest BCUT2D eigenvalue weighted by Crippen LogP contribution is -2.35. The summed E-state index contributed by atoms with van der Waals surface area (Å²) in [5.41, 5.74) is 0.747. The maximum absolute atomic E-state index is 11.0. The van der Waals surface area contributed by atoms with E-state index in [2.05, 4.69) is 0 Å². The molecule has 5 heteroatoms. The summed E-state index contributed by atoms with van der Waals surface area (Å²) in [6, 6.07) is 7.58. The molecule has 19 heavy (non-hydrogen) atoms. The van der Waals surface area contributed by atoms with Crippen LogP contribution in [0.4, 0.5) is 0 Å². The Hall–Kier alpha value is -1.62. The predicted molar refractivity (Wildman–Crippen MR) is 69.0 cm³/mol. The van der Waals surface area contributed by atoms with E-state index in [1.807, 2.05) is 38.1 Å². The highest BCUT2D eigenvalue weighted by Gasteiger charge is 2.56. The summed E-state index contributed by atoms with van der Waals surface area (Å²) < 4.78 is 11.4. The van der Waals surface area contributed by atoms with Gasteiger partial charge in [-0.2, -0.15) is 0 Å².